The van der Waals surface area contributed by atoms with Crippen molar-refractivity contribution in [3.63, 3.8) is 0 Å². The van der Waals surface area contributed by atoms with Crippen LogP contribution in [-0.4, -0.2) is 14.2 Å². The number of hydrogen-bond donors (Lipinski definition) is 2. The van der Waals surface area contributed by atoms with Crippen molar-refractivity contribution < 1.29 is 9.47 Å². The number of nitrogens with two attached hydrogens (primary N) is 1. The van der Waals surface area contributed by atoms with Crippen LogP contribution >= 0.6 is 15.9 Å². The number of rotatable bonds is 6. The van der Waals surface area contributed by atoms with E-state index >= 15 is 0 Å². The molecule has 1 atom stereocenters. The smallest absolute Gasteiger partial charge is 0.141 e. The van der Waals surface area contributed by atoms with Gasteiger partial charge >= 0.3 is 0 Å². The lowest BCUT2D eigenvalue weighted by Gasteiger charge is -2.22. The van der Waals surface area contributed by atoms with Gasteiger partial charge in [0.1, 0.15) is 16.0 Å². The molecule has 1 unspecified atom stereocenters. The van der Waals surface area contributed by atoms with E-state index in [9.17, 15) is 0 Å². The number of nitrogens with one attached hydrogen (secondary N) is 1. The highest BCUT2D eigenvalue weighted by molar-refractivity contribution is 9.10. The fraction of sp³-hybridized carbons (Fsp3) is 0.538. The molecule has 1 rings (SSSR count). The van der Waals surface area contributed by atoms with Crippen LogP contribution in [0.15, 0.2) is 16.6 Å². The highest BCUT2D eigenvalue weighted by Gasteiger charge is 2.20. The number of benzene rings is 1. The monoisotopic (exact) mass is 316 g/mol. The molecule has 0 spiro atoms. The van der Waals surface area contributed by atoms with Gasteiger partial charge in [0.05, 0.1) is 14.2 Å². The molecule has 1 aromatic rings. The van der Waals surface area contributed by atoms with E-state index in [4.69, 9.17) is 15.3 Å². The van der Waals surface area contributed by atoms with Crippen molar-refractivity contribution in [2.75, 3.05) is 14.2 Å². The average molecular weight is 317 g/mol. The van der Waals surface area contributed by atoms with Gasteiger partial charge in [0, 0.05) is 11.6 Å². The van der Waals surface area contributed by atoms with Crippen LogP contribution in [0.4, 0.5) is 0 Å². The summed E-state index contributed by atoms with van der Waals surface area (Å²) in [4.78, 5) is 0. The summed E-state index contributed by atoms with van der Waals surface area (Å²) < 4.78 is 11.5. The van der Waals surface area contributed by atoms with Gasteiger partial charge < -0.3 is 9.47 Å². The molecule has 4 nitrogen and oxygen atoms in total. The third-order valence-corrected chi connectivity index (χ3v) is 3.55. The van der Waals surface area contributed by atoms with Crippen molar-refractivity contribution >= 4 is 15.9 Å². The summed E-state index contributed by atoms with van der Waals surface area (Å²) in [6.07, 6.45) is 0.936. The summed E-state index contributed by atoms with van der Waals surface area (Å²) in [7, 11) is 3.28. The summed E-state index contributed by atoms with van der Waals surface area (Å²) >= 11 is 3.50. The summed E-state index contributed by atoms with van der Waals surface area (Å²) in [6, 6.07) is 3.95. The van der Waals surface area contributed by atoms with Crippen LogP contribution in [0.3, 0.4) is 0 Å². The largest absolute Gasteiger partial charge is 0.495 e. The summed E-state index contributed by atoms with van der Waals surface area (Å²) in [5.41, 5.74) is 3.88. The zero-order valence-corrected chi connectivity index (χ0v) is 12.9. The van der Waals surface area contributed by atoms with Gasteiger partial charge in [-0.25, -0.2) is 0 Å². The van der Waals surface area contributed by atoms with Crippen LogP contribution in [0.25, 0.3) is 0 Å². The van der Waals surface area contributed by atoms with E-state index in [0.717, 1.165) is 28.0 Å². The quantitative estimate of drug-likeness (QED) is 0.625. The van der Waals surface area contributed by atoms with Crippen LogP contribution in [0, 0.1) is 5.92 Å². The van der Waals surface area contributed by atoms with Crippen molar-refractivity contribution in [3.05, 3.63) is 22.2 Å². The molecule has 102 valence electrons. The Kier molecular flexibility index (Phi) is 5.91. The predicted octanol–water partition coefficient (Wildman–Crippen LogP) is 3.02. The highest BCUT2D eigenvalue weighted by Crippen LogP contribution is 2.40. The van der Waals surface area contributed by atoms with Gasteiger partial charge in [-0.3, -0.25) is 11.3 Å². The molecule has 0 saturated carbocycles. The van der Waals surface area contributed by atoms with E-state index in [-0.39, 0.29) is 6.04 Å². The Morgan fingerprint density at radius 1 is 1.28 bits per heavy atom. The molecule has 0 aliphatic heterocycles. The molecule has 0 aromatic heterocycles. The van der Waals surface area contributed by atoms with E-state index in [1.54, 1.807) is 14.2 Å². The second-order valence-electron chi connectivity index (χ2n) is 4.55. The van der Waals surface area contributed by atoms with E-state index in [1.165, 1.54) is 0 Å². The Labute approximate surface area is 117 Å². The number of methoxy groups -OCH3 is 2. The number of hydrogen-bond acceptors (Lipinski definition) is 4. The first-order chi connectivity index (χ1) is 8.54. The van der Waals surface area contributed by atoms with E-state index in [2.05, 4.69) is 35.2 Å². The zero-order valence-electron chi connectivity index (χ0n) is 11.3. The molecule has 0 saturated heterocycles. The van der Waals surface area contributed by atoms with Gasteiger partial charge in [0.25, 0.3) is 0 Å². The van der Waals surface area contributed by atoms with Crippen LogP contribution in [0.5, 0.6) is 11.5 Å². The minimum absolute atomic E-state index is 0.0576. The molecule has 3 N–H and O–H groups in total. The Bertz CT molecular complexity index is 397. The minimum atomic E-state index is 0.0576. The van der Waals surface area contributed by atoms with Gasteiger partial charge in [-0.1, -0.05) is 13.8 Å². The molecule has 18 heavy (non-hydrogen) atoms. The first-order valence-corrected chi connectivity index (χ1v) is 6.70. The summed E-state index contributed by atoms with van der Waals surface area (Å²) in [5, 5.41) is 0. The Morgan fingerprint density at radius 2 is 1.94 bits per heavy atom. The molecule has 0 heterocycles. The molecule has 0 fully saturated rings. The maximum Gasteiger partial charge on any atom is 0.141 e. The molecule has 0 aliphatic carbocycles. The minimum Gasteiger partial charge on any atom is -0.495 e. The lowest BCUT2D eigenvalue weighted by Crippen LogP contribution is -2.29. The van der Waals surface area contributed by atoms with Crippen LogP contribution < -0.4 is 20.7 Å². The average Bonchev–Trinajstić information content (AvgIpc) is 2.35. The molecule has 0 bridgehead atoms. The van der Waals surface area contributed by atoms with Gasteiger partial charge in [0.2, 0.25) is 0 Å². The fourth-order valence-corrected chi connectivity index (χ4v) is 2.63. The van der Waals surface area contributed by atoms with Crippen molar-refractivity contribution in [2.24, 2.45) is 11.8 Å². The van der Waals surface area contributed by atoms with Gasteiger partial charge in [0.15, 0.2) is 0 Å². The van der Waals surface area contributed by atoms with Crippen molar-refractivity contribution in [3.8, 4) is 11.5 Å². The molecule has 1 aromatic carbocycles. The van der Waals surface area contributed by atoms with Gasteiger partial charge in [-0.15, -0.1) is 0 Å². The number of hydrazine groups is 1. The van der Waals surface area contributed by atoms with Crippen LogP contribution in [0.2, 0.25) is 0 Å². The van der Waals surface area contributed by atoms with Gasteiger partial charge in [-0.05, 0) is 40.4 Å². The standard InChI is InChI=1S/C13H21BrN2O2/c1-8(2)7-10(16-15)9-5-6-11(17-3)12(14)13(9)18-4/h5-6,8,10,16H,7,15H2,1-4H3. The molecule has 0 aliphatic rings. The van der Waals surface area contributed by atoms with Crippen LogP contribution in [-0.2, 0) is 0 Å². The third kappa shape index (κ3) is 3.37. The predicted molar refractivity (Wildman–Crippen MR) is 76.8 cm³/mol. The van der Waals surface area contributed by atoms with E-state index in [1.807, 2.05) is 12.1 Å². The van der Waals surface area contributed by atoms with E-state index in [0.29, 0.717) is 5.92 Å². The second-order valence-corrected chi connectivity index (χ2v) is 5.35. The Balaban J connectivity index is 3.18. The van der Waals surface area contributed by atoms with Crippen molar-refractivity contribution in [1.82, 2.24) is 5.43 Å². The number of halogens is 1. The maximum absolute atomic E-state index is 5.65. The maximum atomic E-state index is 5.65. The first-order valence-electron chi connectivity index (χ1n) is 5.91. The molecule has 5 heteroatoms. The SMILES string of the molecule is COc1ccc(C(CC(C)C)NN)c(OC)c1Br. The summed E-state index contributed by atoms with van der Waals surface area (Å²) in [6.45, 7) is 4.32. The lowest BCUT2D eigenvalue weighted by molar-refractivity contribution is 0.370. The Morgan fingerprint density at radius 3 is 2.39 bits per heavy atom. The second kappa shape index (κ2) is 6.97. The first kappa shape index (κ1) is 15.3. The van der Waals surface area contributed by atoms with Crippen molar-refractivity contribution in [1.29, 1.82) is 0 Å². The number of ether oxygens (including phenoxy) is 2. The molecule has 0 radical (unpaired) electrons. The lowest BCUT2D eigenvalue weighted by atomic mass is 9.96. The van der Waals surface area contributed by atoms with Crippen LogP contribution in [0.1, 0.15) is 31.9 Å². The molecular weight excluding hydrogens is 296 g/mol. The topological polar surface area (TPSA) is 56.5 Å². The highest BCUT2D eigenvalue weighted by atomic mass is 79.9. The van der Waals surface area contributed by atoms with Crippen molar-refractivity contribution in [2.45, 2.75) is 26.3 Å². The fourth-order valence-electron chi connectivity index (χ4n) is 1.95. The van der Waals surface area contributed by atoms with Gasteiger partial charge in [-0.2, -0.15) is 0 Å². The third-order valence-electron chi connectivity index (χ3n) is 2.80. The zero-order chi connectivity index (χ0) is 13.7. The summed E-state index contributed by atoms with van der Waals surface area (Å²) in [5.74, 6) is 7.69. The molecule has 0 amide bonds. The van der Waals surface area contributed by atoms with E-state index < -0.39 is 0 Å². The molecular formula is C13H21BrN2O2. The Hall–Kier alpha value is -0.780. The normalized spacial score (nSPS) is 12.6.